The fraction of sp³-hybridized carbons (Fsp3) is 0.750. The molecule has 1 heterocycles. The molecule has 0 aromatic carbocycles. The summed E-state index contributed by atoms with van der Waals surface area (Å²) in [5.41, 5.74) is 0. The summed E-state index contributed by atoms with van der Waals surface area (Å²) >= 11 is 0. The molecular formula is C12H23N3. The Labute approximate surface area is 92.7 Å². The lowest BCUT2D eigenvalue weighted by Crippen LogP contribution is -2.30. The molecule has 1 aromatic rings. The van der Waals surface area contributed by atoms with Crippen LogP contribution in [0.2, 0.25) is 0 Å². The van der Waals surface area contributed by atoms with Gasteiger partial charge in [0, 0.05) is 31.4 Å². The van der Waals surface area contributed by atoms with Crippen molar-refractivity contribution in [2.45, 2.75) is 52.0 Å². The molecule has 0 aliphatic carbocycles. The molecule has 0 spiro atoms. The van der Waals surface area contributed by atoms with Crippen LogP contribution < -0.4 is 5.32 Å². The van der Waals surface area contributed by atoms with E-state index >= 15 is 0 Å². The Kier molecular flexibility index (Phi) is 6.09. The van der Waals surface area contributed by atoms with Crippen LogP contribution in [-0.4, -0.2) is 22.6 Å². The van der Waals surface area contributed by atoms with E-state index in [0.717, 1.165) is 18.8 Å². The molecule has 3 heteroatoms. The lowest BCUT2D eigenvalue weighted by Gasteiger charge is -2.15. The second-order valence-electron chi connectivity index (χ2n) is 3.99. The molecule has 0 bridgehead atoms. The molecule has 1 aromatic heterocycles. The third-order valence-electron chi connectivity index (χ3n) is 2.75. The second-order valence-corrected chi connectivity index (χ2v) is 3.99. The zero-order chi connectivity index (χ0) is 10.9. The van der Waals surface area contributed by atoms with Crippen LogP contribution in [-0.2, 0) is 6.42 Å². The summed E-state index contributed by atoms with van der Waals surface area (Å²) in [6.45, 7) is 5.52. The standard InChI is InChI=1S/C12H23N3/c1-3-5-6-11(4-2)13-8-7-12-14-9-10-15-12/h9-11,13H,3-8H2,1-2H3,(H,14,15). The molecule has 86 valence electrons. The number of rotatable bonds is 8. The van der Waals surface area contributed by atoms with Gasteiger partial charge in [0.25, 0.3) is 0 Å². The van der Waals surface area contributed by atoms with Gasteiger partial charge in [0.2, 0.25) is 0 Å². The maximum absolute atomic E-state index is 4.21. The summed E-state index contributed by atoms with van der Waals surface area (Å²) in [6.07, 6.45) is 9.81. The first-order valence-corrected chi connectivity index (χ1v) is 6.08. The van der Waals surface area contributed by atoms with Gasteiger partial charge in [-0.15, -0.1) is 0 Å². The molecular weight excluding hydrogens is 186 g/mol. The van der Waals surface area contributed by atoms with Crippen LogP contribution in [0.25, 0.3) is 0 Å². The van der Waals surface area contributed by atoms with Crippen molar-refractivity contribution >= 4 is 0 Å². The Morgan fingerprint density at radius 2 is 2.33 bits per heavy atom. The highest BCUT2D eigenvalue weighted by atomic mass is 14.9. The molecule has 2 N–H and O–H groups in total. The summed E-state index contributed by atoms with van der Waals surface area (Å²) in [5, 5.41) is 3.58. The van der Waals surface area contributed by atoms with Gasteiger partial charge in [0.15, 0.2) is 0 Å². The number of unbranched alkanes of at least 4 members (excludes halogenated alkanes) is 1. The van der Waals surface area contributed by atoms with Crippen molar-refractivity contribution in [3.8, 4) is 0 Å². The number of hydrogen-bond donors (Lipinski definition) is 2. The number of nitrogens with one attached hydrogen (secondary N) is 2. The number of hydrogen-bond acceptors (Lipinski definition) is 2. The summed E-state index contributed by atoms with van der Waals surface area (Å²) < 4.78 is 0. The minimum atomic E-state index is 0.680. The van der Waals surface area contributed by atoms with Crippen LogP contribution in [0.15, 0.2) is 12.4 Å². The average Bonchev–Trinajstić information content (AvgIpc) is 2.76. The molecule has 0 saturated carbocycles. The largest absolute Gasteiger partial charge is 0.349 e. The van der Waals surface area contributed by atoms with E-state index in [2.05, 4.69) is 29.1 Å². The van der Waals surface area contributed by atoms with Crippen molar-refractivity contribution in [1.29, 1.82) is 0 Å². The first-order valence-electron chi connectivity index (χ1n) is 6.08. The highest BCUT2D eigenvalue weighted by Crippen LogP contribution is 2.03. The van der Waals surface area contributed by atoms with E-state index in [1.807, 2.05) is 12.4 Å². The molecule has 0 amide bonds. The fourth-order valence-corrected chi connectivity index (χ4v) is 1.73. The molecule has 1 rings (SSSR count). The summed E-state index contributed by atoms with van der Waals surface area (Å²) in [7, 11) is 0. The third kappa shape index (κ3) is 4.98. The molecule has 0 radical (unpaired) electrons. The van der Waals surface area contributed by atoms with Crippen LogP contribution in [0.1, 0.15) is 45.4 Å². The minimum Gasteiger partial charge on any atom is -0.349 e. The van der Waals surface area contributed by atoms with Gasteiger partial charge in [0.1, 0.15) is 5.82 Å². The Morgan fingerprint density at radius 1 is 1.47 bits per heavy atom. The molecule has 0 saturated heterocycles. The van der Waals surface area contributed by atoms with Crippen molar-refractivity contribution < 1.29 is 0 Å². The van der Waals surface area contributed by atoms with Gasteiger partial charge in [-0.3, -0.25) is 0 Å². The molecule has 15 heavy (non-hydrogen) atoms. The summed E-state index contributed by atoms with van der Waals surface area (Å²) in [4.78, 5) is 7.33. The van der Waals surface area contributed by atoms with Crippen LogP contribution in [0, 0.1) is 0 Å². The molecule has 1 unspecified atom stereocenters. The Morgan fingerprint density at radius 3 is 2.93 bits per heavy atom. The predicted molar refractivity (Wildman–Crippen MR) is 63.9 cm³/mol. The zero-order valence-electron chi connectivity index (χ0n) is 9.92. The van der Waals surface area contributed by atoms with Crippen LogP contribution in [0.5, 0.6) is 0 Å². The van der Waals surface area contributed by atoms with Crippen molar-refractivity contribution in [2.75, 3.05) is 6.54 Å². The minimum absolute atomic E-state index is 0.680. The number of aromatic amines is 1. The van der Waals surface area contributed by atoms with Gasteiger partial charge in [-0.05, 0) is 12.8 Å². The van der Waals surface area contributed by atoms with Crippen LogP contribution in [0.3, 0.4) is 0 Å². The number of nitrogens with zero attached hydrogens (tertiary/aromatic N) is 1. The van der Waals surface area contributed by atoms with E-state index in [0.29, 0.717) is 6.04 Å². The van der Waals surface area contributed by atoms with Crippen LogP contribution in [0.4, 0.5) is 0 Å². The van der Waals surface area contributed by atoms with Gasteiger partial charge in [-0.2, -0.15) is 0 Å². The summed E-state index contributed by atoms with van der Waals surface area (Å²) in [5.74, 6) is 1.08. The van der Waals surface area contributed by atoms with E-state index in [4.69, 9.17) is 0 Å². The van der Waals surface area contributed by atoms with E-state index < -0.39 is 0 Å². The van der Waals surface area contributed by atoms with Gasteiger partial charge >= 0.3 is 0 Å². The van der Waals surface area contributed by atoms with Gasteiger partial charge in [0.05, 0.1) is 0 Å². The maximum Gasteiger partial charge on any atom is 0.107 e. The lowest BCUT2D eigenvalue weighted by molar-refractivity contribution is 0.454. The van der Waals surface area contributed by atoms with E-state index in [9.17, 15) is 0 Å². The first-order chi connectivity index (χ1) is 7.36. The van der Waals surface area contributed by atoms with Crippen molar-refractivity contribution in [1.82, 2.24) is 15.3 Å². The number of aromatic nitrogens is 2. The van der Waals surface area contributed by atoms with Gasteiger partial charge < -0.3 is 10.3 Å². The van der Waals surface area contributed by atoms with E-state index in [1.54, 1.807) is 0 Å². The second kappa shape index (κ2) is 7.46. The van der Waals surface area contributed by atoms with Gasteiger partial charge in [-0.25, -0.2) is 4.98 Å². The quantitative estimate of drug-likeness (QED) is 0.690. The molecule has 0 aliphatic heterocycles. The maximum atomic E-state index is 4.21. The lowest BCUT2D eigenvalue weighted by atomic mass is 10.1. The number of imidazole rings is 1. The van der Waals surface area contributed by atoms with Crippen molar-refractivity contribution in [2.24, 2.45) is 0 Å². The fourth-order valence-electron chi connectivity index (χ4n) is 1.73. The Hall–Kier alpha value is -0.830. The van der Waals surface area contributed by atoms with Gasteiger partial charge in [-0.1, -0.05) is 26.7 Å². The van der Waals surface area contributed by atoms with E-state index in [1.165, 1.54) is 25.7 Å². The normalized spacial score (nSPS) is 12.9. The van der Waals surface area contributed by atoms with Crippen molar-refractivity contribution in [3.05, 3.63) is 18.2 Å². The highest BCUT2D eigenvalue weighted by molar-refractivity contribution is 4.87. The SMILES string of the molecule is CCCCC(CC)NCCc1ncc[nH]1. The average molecular weight is 209 g/mol. The Bertz CT molecular complexity index is 231. The predicted octanol–water partition coefficient (Wildman–Crippen LogP) is 2.51. The first kappa shape index (κ1) is 12.2. The molecule has 0 aliphatic rings. The molecule has 0 fully saturated rings. The smallest absolute Gasteiger partial charge is 0.107 e. The van der Waals surface area contributed by atoms with Crippen molar-refractivity contribution in [3.63, 3.8) is 0 Å². The van der Waals surface area contributed by atoms with Crippen LogP contribution >= 0.6 is 0 Å². The molecule has 3 nitrogen and oxygen atoms in total. The number of H-pyrrole nitrogens is 1. The third-order valence-corrected chi connectivity index (χ3v) is 2.75. The Balaban J connectivity index is 2.11. The highest BCUT2D eigenvalue weighted by Gasteiger charge is 2.04. The zero-order valence-corrected chi connectivity index (χ0v) is 9.92. The molecule has 1 atom stereocenters. The topological polar surface area (TPSA) is 40.7 Å². The monoisotopic (exact) mass is 209 g/mol. The summed E-state index contributed by atoms with van der Waals surface area (Å²) in [6, 6.07) is 0.680. The van der Waals surface area contributed by atoms with E-state index in [-0.39, 0.29) is 0 Å².